The summed E-state index contributed by atoms with van der Waals surface area (Å²) < 4.78 is 0. The van der Waals surface area contributed by atoms with Crippen LogP contribution in [0.15, 0.2) is 17.5 Å². The minimum absolute atomic E-state index is 0.691. The molecule has 2 heteroatoms. The van der Waals surface area contributed by atoms with Gasteiger partial charge < -0.3 is 0 Å². The van der Waals surface area contributed by atoms with Crippen molar-refractivity contribution in [3.63, 3.8) is 0 Å². The van der Waals surface area contributed by atoms with E-state index in [1.807, 2.05) is 11.3 Å². The van der Waals surface area contributed by atoms with Gasteiger partial charge in [-0.05, 0) is 36.6 Å². The van der Waals surface area contributed by atoms with E-state index in [2.05, 4.69) is 33.4 Å². The summed E-state index contributed by atoms with van der Waals surface area (Å²) in [5.74, 6) is 1.04. The lowest BCUT2D eigenvalue weighted by atomic mass is 10.00. The summed E-state index contributed by atoms with van der Waals surface area (Å²) in [5.41, 5.74) is 0. The molecule has 0 N–H and O–H groups in total. The van der Waals surface area contributed by atoms with E-state index in [0.717, 1.165) is 5.92 Å². The molecule has 0 nitrogen and oxygen atoms in total. The van der Waals surface area contributed by atoms with Gasteiger partial charge in [0.1, 0.15) is 0 Å². The maximum Gasteiger partial charge on any atom is 0.0194 e. The molecule has 1 unspecified atom stereocenters. The van der Waals surface area contributed by atoms with E-state index in [-0.39, 0.29) is 0 Å². The van der Waals surface area contributed by atoms with Crippen LogP contribution in [-0.2, 0) is 6.42 Å². The second-order valence-corrected chi connectivity index (χ2v) is 6.94. The molecule has 0 aromatic carbocycles. The van der Waals surface area contributed by atoms with Crippen molar-refractivity contribution in [2.45, 2.75) is 49.8 Å². The molecule has 1 heterocycles. The molecule has 1 fully saturated rings. The Bertz CT molecular complexity index is 262. The molecular weight excluding hydrogens is 268 g/mol. The molecule has 84 valence electrons. The molecule has 0 aliphatic heterocycles. The maximum atomic E-state index is 3.81. The fraction of sp³-hybridized carbons (Fsp3) is 0.692. The number of rotatable bonds is 5. The van der Waals surface area contributed by atoms with E-state index in [4.69, 9.17) is 0 Å². The fourth-order valence-electron chi connectivity index (χ4n) is 2.46. The van der Waals surface area contributed by atoms with E-state index in [1.54, 1.807) is 0 Å². The van der Waals surface area contributed by atoms with E-state index in [1.165, 1.54) is 49.8 Å². The van der Waals surface area contributed by atoms with Crippen LogP contribution < -0.4 is 0 Å². The summed E-state index contributed by atoms with van der Waals surface area (Å²) in [6, 6.07) is 4.39. The predicted molar refractivity (Wildman–Crippen MR) is 71.9 cm³/mol. The lowest BCUT2D eigenvalue weighted by Gasteiger charge is -2.12. The van der Waals surface area contributed by atoms with Gasteiger partial charge in [-0.25, -0.2) is 0 Å². The van der Waals surface area contributed by atoms with Gasteiger partial charge in [0.2, 0.25) is 0 Å². The third-order valence-corrected chi connectivity index (χ3v) is 5.05. The zero-order valence-corrected chi connectivity index (χ0v) is 11.5. The summed E-state index contributed by atoms with van der Waals surface area (Å²) in [5, 5.41) is 2.17. The molecule has 1 atom stereocenters. The van der Waals surface area contributed by atoms with Gasteiger partial charge in [-0.2, -0.15) is 0 Å². The van der Waals surface area contributed by atoms with Gasteiger partial charge in [-0.3, -0.25) is 0 Å². The van der Waals surface area contributed by atoms with Gasteiger partial charge in [0, 0.05) is 9.70 Å². The molecule has 15 heavy (non-hydrogen) atoms. The van der Waals surface area contributed by atoms with Crippen molar-refractivity contribution in [1.29, 1.82) is 0 Å². The Hall–Kier alpha value is 0.180. The van der Waals surface area contributed by atoms with Gasteiger partial charge in [-0.15, -0.1) is 11.3 Å². The molecule has 1 saturated carbocycles. The highest BCUT2D eigenvalue weighted by Crippen LogP contribution is 2.30. The monoisotopic (exact) mass is 286 g/mol. The Balaban J connectivity index is 1.66. The first-order chi connectivity index (χ1) is 7.34. The molecule has 0 bridgehead atoms. The Morgan fingerprint density at radius 3 is 2.87 bits per heavy atom. The van der Waals surface area contributed by atoms with Gasteiger partial charge in [-0.1, -0.05) is 47.7 Å². The first kappa shape index (κ1) is 11.7. The zero-order chi connectivity index (χ0) is 10.5. The lowest BCUT2D eigenvalue weighted by molar-refractivity contribution is 0.480. The van der Waals surface area contributed by atoms with Crippen molar-refractivity contribution in [2.24, 2.45) is 5.92 Å². The highest BCUT2D eigenvalue weighted by Gasteiger charge is 2.16. The number of hydrogen-bond acceptors (Lipinski definition) is 1. The first-order valence-corrected chi connectivity index (χ1v) is 7.80. The van der Waals surface area contributed by atoms with Crippen LogP contribution in [0.25, 0.3) is 0 Å². The van der Waals surface area contributed by atoms with Crippen molar-refractivity contribution in [3.05, 3.63) is 22.4 Å². The molecule has 0 saturated heterocycles. The maximum absolute atomic E-state index is 3.81. The second kappa shape index (κ2) is 6.05. The average molecular weight is 287 g/mol. The van der Waals surface area contributed by atoms with Crippen molar-refractivity contribution < 1.29 is 0 Å². The molecule has 0 radical (unpaired) electrons. The van der Waals surface area contributed by atoms with Crippen LogP contribution in [0.1, 0.15) is 43.4 Å². The SMILES string of the molecule is BrC(CCC1CCCC1)Cc1cccs1. The van der Waals surface area contributed by atoms with Gasteiger partial charge in [0.15, 0.2) is 0 Å². The Morgan fingerprint density at radius 2 is 2.20 bits per heavy atom. The van der Waals surface area contributed by atoms with Gasteiger partial charge >= 0.3 is 0 Å². The topological polar surface area (TPSA) is 0 Å². The van der Waals surface area contributed by atoms with Crippen molar-refractivity contribution >= 4 is 27.3 Å². The first-order valence-electron chi connectivity index (χ1n) is 6.01. The largest absolute Gasteiger partial charge is 0.149 e. The summed E-state index contributed by atoms with van der Waals surface area (Å²) in [4.78, 5) is 2.21. The third kappa shape index (κ3) is 3.92. The predicted octanol–water partition coefficient (Wildman–Crippen LogP) is 5.02. The summed E-state index contributed by atoms with van der Waals surface area (Å²) >= 11 is 5.69. The van der Waals surface area contributed by atoms with Gasteiger partial charge in [0.25, 0.3) is 0 Å². The standard InChI is InChI=1S/C13H19BrS/c14-12(10-13-6-3-9-15-13)8-7-11-4-1-2-5-11/h3,6,9,11-12H,1-2,4-5,7-8,10H2. The molecule has 0 amide bonds. The summed E-state index contributed by atoms with van der Waals surface area (Å²) in [6.45, 7) is 0. The van der Waals surface area contributed by atoms with Crippen molar-refractivity contribution in [3.8, 4) is 0 Å². The smallest absolute Gasteiger partial charge is 0.0194 e. The second-order valence-electron chi connectivity index (χ2n) is 4.61. The van der Waals surface area contributed by atoms with E-state index in [0.29, 0.717) is 4.83 Å². The Morgan fingerprint density at radius 1 is 1.40 bits per heavy atom. The summed E-state index contributed by atoms with van der Waals surface area (Å²) in [7, 11) is 0. The molecule has 0 spiro atoms. The Labute approximate surface area is 105 Å². The van der Waals surface area contributed by atoms with E-state index < -0.39 is 0 Å². The van der Waals surface area contributed by atoms with Gasteiger partial charge in [0.05, 0.1) is 0 Å². The number of hydrogen-bond donors (Lipinski definition) is 0. The van der Waals surface area contributed by atoms with Crippen LogP contribution >= 0.6 is 27.3 Å². The minimum Gasteiger partial charge on any atom is -0.149 e. The molecular formula is C13H19BrS. The average Bonchev–Trinajstić information content (AvgIpc) is 2.86. The Kier molecular flexibility index (Phi) is 4.70. The van der Waals surface area contributed by atoms with Crippen molar-refractivity contribution in [1.82, 2.24) is 0 Å². The fourth-order valence-corrected chi connectivity index (χ4v) is 4.08. The highest BCUT2D eigenvalue weighted by atomic mass is 79.9. The molecule has 2 rings (SSSR count). The van der Waals surface area contributed by atoms with Crippen LogP contribution in [-0.4, -0.2) is 4.83 Å². The normalized spacial score (nSPS) is 19.5. The van der Waals surface area contributed by atoms with Crippen LogP contribution in [0.5, 0.6) is 0 Å². The molecule has 1 aromatic heterocycles. The number of alkyl halides is 1. The quantitative estimate of drug-likeness (QED) is 0.667. The third-order valence-electron chi connectivity index (χ3n) is 3.37. The molecule has 1 aliphatic rings. The number of halogens is 1. The minimum atomic E-state index is 0.691. The van der Waals surface area contributed by atoms with Crippen molar-refractivity contribution in [2.75, 3.05) is 0 Å². The van der Waals surface area contributed by atoms with Crippen LogP contribution in [0, 0.1) is 5.92 Å². The summed E-state index contributed by atoms with van der Waals surface area (Å²) in [6.07, 6.45) is 9.91. The van der Waals surface area contributed by atoms with E-state index in [9.17, 15) is 0 Å². The van der Waals surface area contributed by atoms with Crippen LogP contribution in [0.4, 0.5) is 0 Å². The zero-order valence-electron chi connectivity index (χ0n) is 9.12. The highest BCUT2D eigenvalue weighted by molar-refractivity contribution is 9.09. The molecule has 1 aromatic rings. The van der Waals surface area contributed by atoms with Crippen LogP contribution in [0.3, 0.4) is 0 Å². The van der Waals surface area contributed by atoms with Crippen LogP contribution in [0.2, 0.25) is 0 Å². The van der Waals surface area contributed by atoms with E-state index >= 15 is 0 Å². The lowest BCUT2D eigenvalue weighted by Crippen LogP contribution is -2.04. The number of thiophene rings is 1. The molecule has 1 aliphatic carbocycles.